The summed E-state index contributed by atoms with van der Waals surface area (Å²) in [6.07, 6.45) is 8.09. The number of H-pyrrole nitrogens is 2. The van der Waals surface area contributed by atoms with Gasteiger partial charge in [-0.1, -0.05) is 0 Å². The van der Waals surface area contributed by atoms with Crippen LogP contribution in [0.2, 0.25) is 0 Å². The number of carbonyl (C=O) groups is 2. The second kappa shape index (κ2) is 10.9. The molecule has 0 unspecified atom stereocenters. The van der Waals surface area contributed by atoms with E-state index >= 15 is 0 Å². The van der Waals surface area contributed by atoms with Crippen molar-refractivity contribution in [3.63, 3.8) is 0 Å². The van der Waals surface area contributed by atoms with Gasteiger partial charge in [-0.15, -0.1) is 0 Å². The van der Waals surface area contributed by atoms with E-state index in [1.54, 1.807) is 40.7 Å². The highest BCUT2D eigenvalue weighted by Crippen LogP contribution is 2.30. The molecule has 6 rings (SSSR count). The second-order valence-electron chi connectivity index (χ2n) is 9.52. The van der Waals surface area contributed by atoms with Crippen LogP contribution in [0.25, 0.3) is 44.7 Å². The van der Waals surface area contributed by atoms with Crippen LogP contribution in [-0.4, -0.2) is 96.2 Å². The number of nitrogens with one attached hydrogen (secondary N) is 2. The van der Waals surface area contributed by atoms with Gasteiger partial charge in [0.25, 0.3) is 5.91 Å². The SMILES string of the molecule is CCN(CC)C(=O)c1cncc2[nH]c(-c3n[nH]c4ncc(-c5cncc(N(N)C(=O)N6CCOCC6)c5)cc34)nc12. The predicted octanol–water partition coefficient (Wildman–Crippen LogP) is 2.57. The molecule has 0 aliphatic carbocycles. The van der Waals surface area contributed by atoms with E-state index in [1.165, 1.54) is 6.20 Å². The number of hydrogen-bond acceptors (Lipinski definition) is 9. The first-order valence-electron chi connectivity index (χ1n) is 13.3. The van der Waals surface area contributed by atoms with E-state index in [2.05, 4.69) is 30.1 Å². The van der Waals surface area contributed by atoms with E-state index in [1.807, 2.05) is 19.9 Å². The molecule has 4 N–H and O–H groups in total. The van der Waals surface area contributed by atoms with Gasteiger partial charge in [-0.05, 0) is 26.0 Å². The number of nitrogens with two attached hydrogens (primary N) is 1. The van der Waals surface area contributed by atoms with E-state index in [-0.39, 0.29) is 11.9 Å². The lowest BCUT2D eigenvalue weighted by atomic mass is 10.1. The van der Waals surface area contributed by atoms with Crippen LogP contribution in [0.15, 0.2) is 43.1 Å². The topological polar surface area (TPSA) is 175 Å². The zero-order chi connectivity index (χ0) is 28.5. The Kier molecular flexibility index (Phi) is 6.99. The largest absolute Gasteiger partial charge is 0.378 e. The number of imidazole rings is 1. The Bertz CT molecular complexity index is 1740. The summed E-state index contributed by atoms with van der Waals surface area (Å²) in [6, 6.07) is 3.38. The highest BCUT2D eigenvalue weighted by molar-refractivity contribution is 6.05. The predicted molar refractivity (Wildman–Crippen MR) is 152 cm³/mol. The molecule has 0 saturated carbocycles. The van der Waals surface area contributed by atoms with Gasteiger partial charge in [0.15, 0.2) is 11.5 Å². The summed E-state index contributed by atoms with van der Waals surface area (Å²) in [6.45, 7) is 6.95. The third-order valence-corrected chi connectivity index (χ3v) is 7.14. The Morgan fingerprint density at radius 3 is 2.56 bits per heavy atom. The van der Waals surface area contributed by atoms with Crippen LogP contribution in [0.4, 0.5) is 10.5 Å². The summed E-state index contributed by atoms with van der Waals surface area (Å²) in [7, 11) is 0. The van der Waals surface area contributed by atoms with Gasteiger partial charge in [0.1, 0.15) is 11.2 Å². The molecule has 210 valence electrons. The minimum absolute atomic E-state index is 0.129. The first kappa shape index (κ1) is 26.3. The van der Waals surface area contributed by atoms with Crippen LogP contribution in [0.3, 0.4) is 0 Å². The lowest BCUT2D eigenvalue weighted by Gasteiger charge is -2.30. The number of amides is 3. The third-order valence-electron chi connectivity index (χ3n) is 7.14. The number of carbonyl (C=O) groups excluding carboxylic acids is 2. The Labute approximate surface area is 234 Å². The molecule has 6 heterocycles. The number of nitrogens with zero attached hydrogens (tertiary/aromatic N) is 8. The lowest BCUT2D eigenvalue weighted by molar-refractivity contribution is 0.0548. The molecule has 1 aliphatic heterocycles. The summed E-state index contributed by atoms with van der Waals surface area (Å²) in [5.74, 6) is 6.53. The van der Waals surface area contributed by atoms with Crippen LogP contribution in [0.5, 0.6) is 0 Å². The van der Waals surface area contributed by atoms with Crippen molar-refractivity contribution in [2.24, 2.45) is 5.84 Å². The summed E-state index contributed by atoms with van der Waals surface area (Å²) >= 11 is 0. The smallest absolute Gasteiger partial charge is 0.339 e. The van der Waals surface area contributed by atoms with E-state index in [9.17, 15) is 9.59 Å². The number of aromatic nitrogens is 7. The zero-order valence-electron chi connectivity index (χ0n) is 22.7. The standard InChI is InChI=1S/C27H29N11O3/c1-3-36(4-2)26(39)20-14-30-15-21-22(20)33-25(32-21)23-19-10-17(12-31-24(19)35-34-23)16-9-18(13-29-11-16)38(28)27(40)37-5-7-41-8-6-37/h9-15H,3-8,28H2,1-2H3,(H,32,33)(H,31,34,35). The quantitative estimate of drug-likeness (QED) is 0.161. The second-order valence-corrected chi connectivity index (χ2v) is 9.52. The van der Waals surface area contributed by atoms with Crippen LogP contribution in [0, 0.1) is 0 Å². The molecule has 5 aromatic rings. The molecular weight excluding hydrogens is 526 g/mol. The summed E-state index contributed by atoms with van der Waals surface area (Å²) in [5.41, 5.74) is 4.59. The van der Waals surface area contributed by atoms with E-state index in [0.29, 0.717) is 84.2 Å². The maximum absolute atomic E-state index is 13.1. The lowest BCUT2D eigenvalue weighted by Crippen LogP contribution is -2.51. The molecule has 0 atom stereocenters. The monoisotopic (exact) mass is 555 g/mol. The van der Waals surface area contributed by atoms with Gasteiger partial charge in [-0.25, -0.2) is 25.6 Å². The molecule has 1 fully saturated rings. The normalized spacial score (nSPS) is 13.6. The number of ether oxygens (including phenoxy) is 1. The molecule has 0 radical (unpaired) electrons. The van der Waals surface area contributed by atoms with Gasteiger partial charge in [-0.2, -0.15) is 5.10 Å². The van der Waals surface area contributed by atoms with Crippen LogP contribution in [0.1, 0.15) is 24.2 Å². The molecule has 5 aromatic heterocycles. The molecular formula is C27H29N11O3. The fourth-order valence-electron chi connectivity index (χ4n) is 4.86. The first-order chi connectivity index (χ1) is 20.0. The highest BCUT2D eigenvalue weighted by Gasteiger charge is 2.23. The molecule has 14 heteroatoms. The Morgan fingerprint density at radius 1 is 1.02 bits per heavy atom. The fraction of sp³-hybridized carbons (Fsp3) is 0.296. The van der Waals surface area contributed by atoms with Crippen molar-refractivity contribution in [3.8, 4) is 22.6 Å². The zero-order valence-corrected chi connectivity index (χ0v) is 22.7. The average Bonchev–Trinajstić information content (AvgIpc) is 3.65. The van der Waals surface area contributed by atoms with Crippen molar-refractivity contribution >= 4 is 39.7 Å². The van der Waals surface area contributed by atoms with E-state index in [4.69, 9.17) is 15.6 Å². The van der Waals surface area contributed by atoms with Crippen molar-refractivity contribution in [1.82, 2.24) is 44.9 Å². The Hall–Kier alpha value is -4.95. The number of morpholine rings is 1. The summed E-state index contributed by atoms with van der Waals surface area (Å²) < 4.78 is 5.33. The maximum Gasteiger partial charge on any atom is 0.339 e. The number of hydrogen-bond donors (Lipinski definition) is 3. The van der Waals surface area contributed by atoms with Crippen LogP contribution >= 0.6 is 0 Å². The molecule has 0 spiro atoms. The van der Waals surface area contributed by atoms with Gasteiger partial charge < -0.3 is 19.5 Å². The van der Waals surface area contributed by atoms with Gasteiger partial charge in [0.05, 0.1) is 47.8 Å². The van der Waals surface area contributed by atoms with Crippen molar-refractivity contribution < 1.29 is 14.3 Å². The number of pyridine rings is 3. The van der Waals surface area contributed by atoms with Crippen molar-refractivity contribution in [2.75, 3.05) is 44.4 Å². The number of fused-ring (bicyclic) bond motifs is 2. The summed E-state index contributed by atoms with van der Waals surface area (Å²) in [4.78, 5) is 50.4. The molecule has 3 amide bonds. The third kappa shape index (κ3) is 4.83. The average molecular weight is 556 g/mol. The van der Waals surface area contributed by atoms with Gasteiger partial charge in [-0.3, -0.25) is 19.9 Å². The van der Waals surface area contributed by atoms with Crippen molar-refractivity contribution in [1.29, 1.82) is 0 Å². The molecule has 1 saturated heterocycles. The minimum Gasteiger partial charge on any atom is -0.378 e. The molecule has 0 aromatic carbocycles. The van der Waals surface area contributed by atoms with Gasteiger partial charge >= 0.3 is 6.03 Å². The molecule has 41 heavy (non-hydrogen) atoms. The van der Waals surface area contributed by atoms with Crippen LogP contribution < -0.4 is 10.9 Å². The molecule has 14 nitrogen and oxygen atoms in total. The number of urea groups is 1. The van der Waals surface area contributed by atoms with Crippen LogP contribution in [-0.2, 0) is 4.74 Å². The van der Waals surface area contributed by atoms with Crippen molar-refractivity contribution in [2.45, 2.75) is 13.8 Å². The Balaban J connectivity index is 1.34. The molecule has 1 aliphatic rings. The number of anilines is 1. The highest BCUT2D eigenvalue weighted by atomic mass is 16.5. The summed E-state index contributed by atoms with van der Waals surface area (Å²) in [5, 5.41) is 9.21. The molecule has 0 bridgehead atoms. The fourth-order valence-corrected chi connectivity index (χ4v) is 4.86. The minimum atomic E-state index is -0.323. The number of aromatic amines is 2. The van der Waals surface area contributed by atoms with Crippen molar-refractivity contribution in [3.05, 3.63) is 48.7 Å². The number of hydrazine groups is 1. The Morgan fingerprint density at radius 2 is 1.78 bits per heavy atom. The van der Waals surface area contributed by atoms with Gasteiger partial charge in [0, 0.05) is 55.9 Å². The first-order valence-corrected chi connectivity index (χ1v) is 13.3. The van der Waals surface area contributed by atoms with Gasteiger partial charge in [0.2, 0.25) is 0 Å². The van der Waals surface area contributed by atoms with E-state index in [0.717, 1.165) is 16.1 Å². The number of rotatable bonds is 6. The van der Waals surface area contributed by atoms with E-state index < -0.39 is 0 Å². The maximum atomic E-state index is 13.1.